The Morgan fingerprint density at radius 2 is 1.94 bits per heavy atom. The predicted octanol–water partition coefficient (Wildman–Crippen LogP) is 3.90. The number of halogens is 2. The molecule has 0 saturated carbocycles. The van der Waals surface area contributed by atoms with Gasteiger partial charge in [-0.15, -0.1) is 0 Å². The predicted molar refractivity (Wildman–Crippen MR) is 73.5 cm³/mol. The summed E-state index contributed by atoms with van der Waals surface area (Å²) in [5.74, 6) is 1.30. The zero-order chi connectivity index (χ0) is 13.0. The Bertz CT molecular complexity index is 546. The van der Waals surface area contributed by atoms with E-state index in [4.69, 9.17) is 27.9 Å². The van der Waals surface area contributed by atoms with Crippen LogP contribution >= 0.6 is 23.2 Å². The highest BCUT2D eigenvalue weighted by molar-refractivity contribution is 6.42. The quantitative estimate of drug-likeness (QED) is 0.924. The van der Waals surface area contributed by atoms with Crippen LogP contribution in [0, 0.1) is 0 Å². The van der Waals surface area contributed by atoms with Crippen molar-refractivity contribution in [2.45, 2.75) is 6.54 Å². The maximum absolute atomic E-state index is 5.92. The summed E-state index contributed by atoms with van der Waals surface area (Å²) in [5.41, 5.74) is 1.05. The Labute approximate surface area is 116 Å². The number of hydrogen-bond acceptors (Lipinski definition) is 3. The molecule has 0 radical (unpaired) electrons. The van der Waals surface area contributed by atoms with Gasteiger partial charge in [0.2, 0.25) is 0 Å². The summed E-state index contributed by atoms with van der Waals surface area (Å²) < 4.78 is 5.67. The average Bonchev–Trinajstić information content (AvgIpc) is 2.35. The number of ether oxygens (including phenoxy) is 1. The fourth-order valence-electron chi connectivity index (χ4n) is 1.50. The molecule has 2 aromatic rings. The van der Waals surface area contributed by atoms with Gasteiger partial charge >= 0.3 is 0 Å². The Morgan fingerprint density at radius 1 is 1.11 bits per heavy atom. The molecule has 2 rings (SSSR count). The van der Waals surface area contributed by atoms with Gasteiger partial charge in [0.05, 0.1) is 16.2 Å². The lowest BCUT2D eigenvalue weighted by Crippen LogP contribution is -2.05. The zero-order valence-corrected chi connectivity index (χ0v) is 11.3. The molecule has 1 aromatic heterocycles. The highest BCUT2D eigenvalue weighted by atomic mass is 35.5. The molecule has 1 heterocycles. The maximum atomic E-state index is 5.92. The van der Waals surface area contributed by atoms with E-state index < -0.39 is 0 Å². The number of nitrogens with zero attached hydrogens (tertiary/aromatic N) is 1. The van der Waals surface area contributed by atoms with Crippen molar-refractivity contribution in [1.82, 2.24) is 10.3 Å². The fraction of sp³-hybridized carbons (Fsp3) is 0.154. The second-order valence-corrected chi connectivity index (χ2v) is 4.55. The van der Waals surface area contributed by atoms with Gasteiger partial charge in [-0.2, -0.15) is 0 Å². The third-order valence-electron chi connectivity index (χ3n) is 2.28. The first-order valence-electron chi connectivity index (χ1n) is 5.40. The van der Waals surface area contributed by atoms with E-state index in [0.29, 0.717) is 21.5 Å². The van der Waals surface area contributed by atoms with Crippen molar-refractivity contribution in [3.05, 3.63) is 52.3 Å². The second kappa shape index (κ2) is 6.05. The summed E-state index contributed by atoms with van der Waals surface area (Å²) in [7, 11) is 1.88. The molecule has 0 amide bonds. The average molecular weight is 283 g/mol. The molecule has 0 fully saturated rings. The van der Waals surface area contributed by atoms with Crippen LogP contribution in [0.1, 0.15) is 5.56 Å². The van der Waals surface area contributed by atoms with Crippen LogP contribution in [0.25, 0.3) is 0 Å². The molecule has 0 saturated heterocycles. The van der Waals surface area contributed by atoms with Crippen molar-refractivity contribution in [2.75, 3.05) is 7.05 Å². The summed E-state index contributed by atoms with van der Waals surface area (Å²) in [6, 6.07) is 7.06. The largest absolute Gasteiger partial charge is 0.456 e. The number of aromatic nitrogens is 1. The van der Waals surface area contributed by atoms with Gasteiger partial charge in [-0.1, -0.05) is 23.2 Å². The van der Waals surface area contributed by atoms with Gasteiger partial charge in [0.15, 0.2) is 0 Å². The van der Waals surface area contributed by atoms with Crippen molar-refractivity contribution in [1.29, 1.82) is 0 Å². The van der Waals surface area contributed by atoms with E-state index in [-0.39, 0.29) is 0 Å². The van der Waals surface area contributed by atoms with Crippen LogP contribution in [0.15, 0.2) is 36.7 Å². The number of benzene rings is 1. The van der Waals surface area contributed by atoms with Gasteiger partial charge in [-0.25, -0.2) is 0 Å². The van der Waals surface area contributed by atoms with Crippen LogP contribution < -0.4 is 10.1 Å². The number of nitrogens with one attached hydrogen (secondary N) is 1. The molecule has 5 heteroatoms. The van der Waals surface area contributed by atoms with Crippen LogP contribution in [0.4, 0.5) is 0 Å². The fourth-order valence-corrected chi connectivity index (χ4v) is 1.78. The second-order valence-electron chi connectivity index (χ2n) is 3.74. The lowest BCUT2D eigenvalue weighted by Gasteiger charge is -2.07. The highest BCUT2D eigenvalue weighted by Crippen LogP contribution is 2.29. The van der Waals surface area contributed by atoms with Gasteiger partial charge in [0, 0.05) is 18.8 Å². The molecule has 3 nitrogen and oxygen atoms in total. The van der Waals surface area contributed by atoms with Crippen molar-refractivity contribution in [2.24, 2.45) is 0 Å². The smallest absolute Gasteiger partial charge is 0.146 e. The third kappa shape index (κ3) is 3.35. The Kier molecular flexibility index (Phi) is 4.42. The molecular formula is C13H12Cl2N2O. The molecule has 0 unspecified atom stereocenters. The summed E-state index contributed by atoms with van der Waals surface area (Å²) in [6.45, 7) is 0.742. The van der Waals surface area contributed by atoms with E-state index in [1.165, 1.54) is 0 Å². The first-order valence-corrected chi connectivity index (χ1v) is 6.16. The van der Waals surface area contributed by atoms with Gasteiger partial charge in [-0.05, 0) is 30.8 Å². The van der Waals surface area contributed by atoms with Gasteiger partial charge in [0.25, 0.3) is 0 Å². The molecule has 1 N–H and O–H groups in total. The normalized spacial score (nSPS) is 10.4. The van der Waals surface area contributed by atoms with Crippen molar-refractivity contribution >= 4 is 23.2 Å². The molecule has 18 heavy (non-hydrogen) atoms. The zero-order valence-electron chi connectivity index (χ0n) is 9.78. The number of hydrogen-bond donors (Lipinski definition) is 1. The van der Waals surface area contributed by atoms with E-state index >= 15 is 0 Å². The van der Waals surface area contributed by atoms with Gasteiger partial charge < -0.3 is 10.1 Å². The molecule has 0 aliphatic carbocycles. The molecule has 1 aromatic carbocycles. The molecular weight excluding hydrogens is 271 g/mol. The highest BCUT2D eigenvalue weighted by Gasteiger charge is 2.03. The van der Waals surface area contributed by atoms with E-state index in [1.807, 2.05) is 13.1 Å². The summed E-state index contributed by atoms with van der Waals surface area (Å²) >= 11 is 11.8. The number of rotatable bonds is 4. The topological polar surface area (TPSA) is 34.2 Å². The lowest BCUT2D eigenvalue weighted by molar-refractivity contribution is 0.479. The SMILES string of the molecule is CNCc1cncc(Oc2ccc(Cl)c(Cl)c2)c1. The van der Waals surface area contributed by atoms with Crippen LogP contribution in [-0.2, 0) is 6.54 Å². The van der Waals surface area contributed by atoms with Crippen LogP contribution in [0.2, 0.25) is 10.0 Å². The van der Waals surface area contributed by atoms with Crippen LogP contribution in [0.5, 0.6) is 11.5 Å². The van der Waals surface area contributed by atoms with Crippen molar-refractivity contribution in [3.8, 4) is 11.5 Å². The first-order chi connectivity index (χ1) is 8.69. The van der Waals surface area contributed by atoms with Crippen molar-refractivity contribution < 1.29 is 4.74 Å². The Morgan fingerprint density at radius 3 is 2.67 bits per heavy atom. The minimum absolute atomic E-state index is 0.466. The third-order valence-corrected chi connectivity index (χ3v) is 3.02. The van der Waals surface area contributed by atoms with Crippen LogP contribution in [0.3, 0.4) is 0 Å². The first kappa shape index (κ1) is 13.1. The number of pyridine rings is 1. The van der Waals surface area contributed by atoms with Crippen molar-refractivity contribution in [3.63, 3.8) is 0 Å². The minimum Gasteiger partial charge on any atom is -0.456 e. The summed E-state index contributed by atoms with van der Waals surface area (Å²) in [6.07, 6.45) is 3.44. The standard InChI is InChI=1S/C13H12Cl2N2O/c1-16-6-9-4-11(8-17-7-9)18-10-2-3-12(14)13(15)5-10/h2-5,7-8,16H,6H2,1H3. The molecule has 0 atom stereocenters. The van der Waals surface area contributed by atoms with Crippen LogP contribution in [-0.4, -0.2) is 12.0 Å². The van der Waals surface area contributed by atoms with E-state index in [2.05, 4.69) is 10.3 Å². The Balaban J connectivity index is 2.17. The molecule has 94 valence electrons. The minimum atomic E-state index is 0.466. The van der Waals surface area contributed by atoms with Gasteiger partial charge in [-0.3, -0.25) is 4.98 Å². The van der Waals surface area contributed by atoms with E-state index in [0.717, 1.165) is 12.1 Å². The summed E-state index contributed by atoms with van der Waals surface area (Å²) in [4.78, 5) is 4.12. The Hall–Kier alpha value is -1.29. The van der Waals surface area contributed by atoms with E-state index in [9.17, 15) is 0 Å². The van der Waals surface area contributed by atoms with E-state index in [1.54, 1.807) is 30.6 Å². The molecule has 0 spiro atoms. The molecule has 0 aliphatic heterocycles. The maximum Gasteiger partial charge on any atom is 0.146 e. The van der Waals surface area contributed by atoms with Gasteiger partial charge in [0.1, 0.15) is 11.5 Å². The monoisotopic (exact) mass is 282 g/mol. The summed E-state index contributed by atoms with van der Waals surface area (Å²) in [5, 5.41) is 4.03. The lowest BCUT2D eigenvalue weighted by atomic mass is 10.3. The molecule has 0 bridgehead atoms. The molecule has 0 aliphatic rings.